The number of aromatic nitrogens is 3. The van der Waals surface area contributed by atoms with Crippen molar-refractivity contribution in [3.8, 4) is 0 Å². The minimum absolute atomic E-state index is 0.0449. The van der Waals surface area contributed by atoms with Gasteiger partial charge in [0.15, 0.2) is 5.69 Å². The zero-order valence-corrected chi connectivity index (χ0v) is 8.41. The molecule has 2 rings (SSSR count). The fourth-order valence-electron chi connectivity index (χ4n) is 1.41. The van der Waals surface area contributed by atoms with Crippen LogP contribution in [0, 0.1) is 0 Å². The van der Waals surface area contributed by atoms with Crippen LogP contribution in [0.1, 0.15) is 21.0 Å². The first kappa shape index (κ1) is 10.6. The van der Waals surface area contributed by atoms with Crippen LogP contribution in [0.15, 0.2) is 0 Å². The van der Waals surface area contributed by atoms with Crippen molar-refractivity contribution in [1.29, 1.82) is 0 Å². The molecule has 86 valence electrons. The second kappa shape index (κ2) is 3.89. The normalized spacial score (nSPS) is 18.9. The number of hydrogen-bond acceptors (Lipinski definition) is 7. The molecule has 0 radical (unpaired) electrons. The Balaban J connectivity index is 2.39. The number of esters is 2. The molecule has 1 aromatic heterocycles. The van der Waals surface area contributed by atoms with Gasteiger partial charge >= 0.3 is 11.9 Å². The van der Waals surface area contributed by atoms with Crippen molar-refractivity contribution in [3.63, 3.8) is 0 Å². The Morgan fingerprint density at radius 2 is 2.50 bits per heavy atom. The molecule has 0 saturated heterocycles. The Bertz CT molecular complexity index is 441. The minimum atomic E-state index is -0.749. The zero-order valence-electron chi connectivity index (χ0n) is 8.41. The van der Waals surface area contributed by atoms with E-state index in [1.165, 1.54) is 11.8 Å². The summed E-state index contributed by atoms with van der Waals surface area (Å²) in [5, 5.41) is 16.0. The van der Waals surface area contributed by atoms with Gasteiger partial charge in [-0.3, -0.25) is 0 Å². The van der Waals surface area contributed by atoms with Gasteiger partial charge in [-0.15, -0.1) is 5.10 Å². The molecule has 0 fully saturated rings. The fourth-order valence-corrected chi connectivity index (χ4v) is 1.41. The van der Waals surface area contributed by atoms with E-state index >= 15 is 0 Å². The number of cyclic esters (lactones) is 1. The molecule has 16 heavy (non-hydrogen) atoms. The van der Waals surface area contributed by atoms with Crippen molar-refractivity contribution >= 4 is 11.9 Å². The Morgan fingerprint density at radius 3 is 3.12 bits per heavy atom. The molecule has 0 spiro atoms. The van der Waals surface area contributed by atoms with Crippen LogP contribution in [0.5, 0.6) is 0 Å². The van der Waals surface area contributed by atoms with Crippen molar-refractivity contribution < 1.29 is 24.2 Å². The number of aliphatic hydroxyl groups is 1. The summed E-state index contributed by atoms with van der Waals surface area (Å²) in [6, 6.07) is 0. The van der Waals surface area contributed by atoms with Crippen LogP contribution in [0.2, 0.25) is 0 Å². The minimum Gasteiger partial charge on any atom is -0.464 e. The van der Waals surface area contributed by atoms with E-state index in [1.54, 1.807) is 0 Å². The summed E-state index contributed by atoms with van der Waals surface area (Å²) in [5.74, 6) is -1.49. The van der Waals surface area contributed by atoms with Crippen LogP contribution in [0.4, 0.5) is 0 Å². The van der Waals surface area contributed by atoms with E-state index in [1.807, 2.05) is 0 Å². The van der Waals surface area contributed by atoms with Crippen molar-refractivity contribution in [2.45, 2.75) is 12.6 Å². The molecule has 1 N–H and O–H groups in total. The summed E-state index contributed by atoms with van der Waals surface area (Å²) in [4.78, 5) is 22.8. The monoisotopic (exact) mass is 227 g/mol. The number of ether oxygens (including phenoxy) is 2. The van der Waals surface area contributed by atoms with Gasteiger partial charge in [0.25, 0.3) is 0 Å². The number of rotatable bonds is 2. The van der Waals surface area contributed by atoms with E-state index in [-0.39, 0.29) is 24.5 Å². The molecule has 1 aliphatic heterocycles. The summed E-state index contributed by atoms with van der Waals surface area (Å²) >= 11 is 0. The molecule has 1 atom stereocenters. The third-order valence-electron chi connectivity index (χ3n) is 2.16. The second-order valence-corrected chi connectivity index (χ2v) is 3.17. The Hall–Kier alpha value is -1.96. The van der Waals surface area contributed by atoms with E-state index in [4.69, 9.17) is 9.84 Å². The van der Waals surface area contributed by atoms with Crippen LogP contribution < -0.4 is 0 Å². The third-order valence-corrected chi connectivity index (χ3v) is 2.16. The highest BCUT2D eigenvalue weighted by atomic mass is 16.6. The van der Waals surface area contributed by atoms with Crippen molar-refractivity contribution in [2.24, 2.45) is 0 Å². The lowest BCUT2D eigenvalue weighted by molar-refractivity contribution is -0.00396. The number of hydrogen-bond donors (Lipinski definition) is 1. The first-order valence-electron chi connectivity index (χ1n) is 4.51. The van der Waals surface area contributed by atoms with Gasteiger partial charge in [0, 0.05) is 0 Å². The Morgan fingerprint density at radius 1 is 1.75 bits per heavy atom. The van der Waals surface area contributed by atoms with Crippen molar-refractivity contribution in [2.75, 3.05) is 13.7 Å². The maximum absolute atomic E-state index is 11.5. The highest BCUT2D eigenvalue weighted by Gasteiger charge is 2.33. The lowest BCUT2D eigenvalue weighted by Crippen LogP contribution is -2.35. The standard InChI is InChI=1S/C8H9N3O5/c1-15-7(13)5-6-8(14)16-4(3-12)2-11(6)10-9-5/h4,12H,2-3H2,1H3. The van der Waals surface area contributed by atoms with Gasteiger partial charge in [-0.05, 0) is 0 Å². The largest absolute Gasteiger partial charge is 0.464 e. The van der Waals surface area contributed by atoms with Gasteiger partial charge in [0.1, 0.15) is 6.10 Å². The lowest BCUT2D eigenvalue weighted by Gasteiger charge is -2.21. The first-order valence-corrected chi connectivity index (χ1v) is 4.51. The molecule has 0 amide bonds. The number of aliphatic hydroxyl groups excluding tert-OH is 1. The quantitative estimate of drug-likeness (QED) is 0.619. The topological polar surface area (TPSA) is 104 Å². The maximum Gasteiger partial charge on any atom is 0.361 e. The summed E-state index contributed by atoms with van der Waals surface area (Å²) in [6.07, 6.45) is -0.660. The molecule has 1 unspecified atom stereocenters. The molecule has 1 aromatic rings. The number of fused-ring (bicyclic) bond motifs is 1. The summed E-state index contributed by atoms with van der Waals surface area (Å²) < 4.78 is 10.5. The average Bonchev–Trinajstić information content (AvgIpc) is 2.72. The Labute approximate surface area is 89.8 Å². The van der Waals surface area contributed by atoms with Gasteiger partial charge < -0.3 is 14.6 Å². The maximum atomic E-state index is 11.5. The Kier molecular flexibility index (Phi) is 2.57. The molecule has 1 aliphatic rings. The number of methoxy groups -OCH3 is 1. The molecule has 2 heterocycles. The van der Waals surface area contributed by atoms with Crippen molar-refractivity contribution in [1.82, 2.24) is 15.0 Å². The molecule has 0 aromatic carbocycles. The number of carbonyl (C=O) groups is 2. The first-order chi connectivity index (χ1) is 7.67. The van der Waals surface area contributed by atoms with E-state index in [2.05, 4.69) is 15.0 Å². The SMILES string of the molecule is COC(=O)c1nnn2c1C(=O)OC(CO)C2. The second-order valence-electron chi connectivity index (χ2n) is 3.17. The smallest absolute Gasteiger partial charge is 0.361 e. The lowest BCUT2D eigenvalue weighted by atomic mass is 10.2. The highest BCUT2D eigenvalue weighted by Crippen LogP contribution is 2.16. The molecule has 0 bridgehead atoms. The van der Waals surface area contributed by atoms with Crippen LogP contribution in [-0.2, 0) is 16.0 Å². The van der Waals surface area contributed by atoms with E-state index < -0.39 is 18.0 Å². The number of nitrogens with zero attached hydrogens (tertiary/aromatic N) is 3. The van der Waals surface area contributed by atoms with Gasteiger partial charge in [0.05, 0.1) is 20.3 Å². The zero-order chi connectivity index (χ0) is 11.7. The van der Waals surface area contributed by atoms with E-state index in [0.717, 1.165) is 0 Å². The predicted octanol–water partition coefficient (Wildman–Crippen LogP) is -1.40. The number of carbonyl (C=O) groups excluding carboxylic acids is 2. The summed E-state index contributed by atoms with van der Waals surface area (Å²) in [6.45, 7) is -0.139. The molecular weight excluding hydrogens is 218 g/mol. The fraction of sp³-hybridized carbons (Fsp3) is 0.500. The van der Waals surface area contributed by atoms with Crippen LogP contribution in [0.25, 0.3) is 0 Å². The van der Waals surface area contributed by atoms with Gasteiger partial charge in [-0.2, -0.15) is 0 Å². The summed E-state index contributed by atoms with van der Waals surface area (Å²) in [5.41, 5.74) is -0.222. The molecule has 0 aliphatic carbocycles. The van der Waals surface area contributed by atoms with E-state index in [0.29, 0.717) is 0 Å². The van der Waals surface area contributed by atoms with Gasteiger partial charge in [-0.25, -0.2) is 14.3 Å². The van der Waals surface area contributed by atoms with Crippen LogP contribution in [-0.4, -0.2) is 51.9 Å². The predicted molar refractivity (Wildman–Crippen MR) is 47.7 cm³/mol. The van der Waals surface area contributed by atoms with E-state index in [9.17, 15) is 9.59 Å². The highest BCUT2D eigenvalue weighted by molar-refractivity contribution is 6.00. The van der Waals surface area contributed by atoms with Gasteiger partial charge in [0.2, 0.25) is 5.69 Å². The average molecular weight is 227 g/mol. The molecule has 8 heteroatoms. The summed E-state index contributed by atoms with van der Waals surface area (Å²) in [7, 11) is 1.18. The molecule has 8 nitrogen and oxygen atoms in total. The van der Waals surface area contributed by atoms with Crippen molar-refractivity contribution in [3.05, 3.63) is 11.4 Å². The van der Waals surface area contributed by atoms with Crippen LogP contribution >= 0.6 is 0 Å². The van der Waals surface area contributed by atoms with Gasteiger partial charge in [-0.1, -0.05) is 5.21 Å². The molecule has 0 saturated carbocycles. The third kappa shape index (κ3) is 1.52. The molecular formula is C8H9N3O5. The van der Waals surface area contributed by atoms with Crippen LogP contribution in [0.3, 0.4) is 0 Å².